The van der Waals surface area contributed by atoms with Gasteiger partial charge in [0.25, 0.3) is 0 Å². The van der Waals surface area contributed by atoms with Crippen LogP contribution in [0.1, 0.15) is 24.5 Å². The third-order valence-corrected chi connectivity index (χ3v) is 5.36. The van der Waals surface area contributed by atoms with Crippen molar-refractivity contribution in [3.63, 3.8) is 0 Å². The van der Waals surface area contributed by atoms with Crippen molar-refractivity contribution < 1.29 is 13.2 Å². The third kappa shape index (κ3) is 3.19. The van der Waals surface area contributed by atoms with Gasteiger partial charge in [-0.05, 0) is 37.1 Å². The van der Waals surface area contributed by atoms with Crippen molar-refractivity contribution in [2.45, 2.75) is 31.0 Å². The molecule has 1 aliphatic heterocycles. The Balaban J connectivity index is 1.44. The Hall–Kier alpha value is -2.68. The van der Waals surface area contributed by atoms with Crippen molar-refractivity contribution in [2.75, 3.05) is 18.4 Å². The first-order chi connectivity index (χ1) is 13.5. The van der Waals surface area contributed by atoms with Gasteiger partial charge in [-0.3, -0.25) is 0 Å². The van der Waals surface area contributed by atoms with Crippen molar-refractivity contribution in [3.8, 4) is 11.4 Å². The quantitative estimate of drug-likeness (QED) is 0.718. The van der Waals surface area contributed by atoms with Crippen molar-refractivity contribution in [3.05, 3.63) is 42.2 Å². The van der Waals surface area contributed by atoms with E-state index in [2.05, 4.69) is 25.7 Å². The molecule has 1 aliphatic carbocycles. The first-order valence-corrected chi connectivity index (χ1v) is 9.35. The van der Waals surface area contributed by atoms with Crippen molar-refractivity contribution in [2.24, 2.45) is 5.92 Å². The minimum Gasteiger partial charge on any atom is -0.365 e. The molecule has 0 amide bonds. The van der Waals surface area contributed by atoms with E-state index >= 15 is 0 Å². The summed E-state index contributed by atoms with van der Waals surface area (Å²) in [6.45, 7) is 0.167. The minimum atomic E-state index is -4.25. The number of imidazole rings is 1. The highest BCUT2D eigenvalue weighted by Crippen LogP contribution is 2.39. The average molecular weight is 388 g/mol. The SMILES string of the molecule is FC(F)(F)[C@H]1CNC[C@@H]1Nc1cccc(-c2cnc3ccc(C4CC4)nn23)n1. The first-order valence-electron chi connectivity index (χ1n) is 9.35. The Labute approximate surface area is 159 Å². The minimum absolute atomic E-state index is 0.0814. The lowest BCUT2D eigenvalue weighted by Gasteiger charge is -2.22. The molecule has 2 atom stereocenters. The van der Waals surface area contributed by atoms with Crippen molar-refractivity contribution in [1.29, 1.82) is 0 Å². The Morgan fingerprint density at radius 3 is 2.75 bits per heavy atom. The largest absolute Gasteiger partial charge is 0.395 e. The molecule has 3 aromatic heterocycles. The fourth-order valence-corrected chi connectivity index (χ4v) is 3.68. The predicted molar refractivity (Wildman–Crippen MR) is 98.0 cm³/mol. The molecule has 28 heavy (non-hydrogen) atoms. The molecule has 0 radical (unpaired) electrons. The number of aromatic nitrogens is 4. The van der Waals surface area contributed by atoms with Crippen LogP contribution in [0.25, 0.3) is 17.0 Å². The summed E-state index contributed by atoms with van der Waals surface area (Å²) in [4.78, 5) is 8.90. The summed E-state index contributed by atoms with van der Waals surface area (Å²) < 4.78 is 41.3. The molecule has 0 bridgehead atoms. The lowest BCUT2D eigenvalue weighted by atomic mass is 10.0. The van der Waals surface area contributed by atoms with Crippen LogP contribution in [0.3, 0.4) is 0 Å². The molecule has 4 heterocycles. The van der Waals surface area contributed by atoms with Crippen LogP contribution in [0.15, 0.2) is 36.5 Å². The van der Waals surface area contributed by atoms with E-state index in [0.29, 0.717) is 17.4 Å². The lowest BCUT2D eigenvalue weighted by Crippen LogP contribution is -2.38. The van der Waals surface area contributed by atoms with Crippen LogP contribution in [0.4, 0.5) is 19.0 Å². The Bertz CT molecular complexity index is 1010. The summed E-state index contributed by atoms with van der Waals surface area (Å²) in [6, 6.07) is 8.46. The summed E-state index contributed by atoms with van der Waals surface area (Å²) in [6.07, 6.45) is -0.254. The van der Waals surface area contributed by atoms with Gasteiger partial charge >= 0.3 is 6.18 Å². The van der Waals surface area contributed by atoms with E-state index in [4.69, 9.17) is 0 Å². The summed E-state index contributed by atoms with van der Waals surface area (Å²) in [5.41, 5.74) is 3.09. The number of hydrogen-bond donors (Lipinski definition) is 2. The van der Waals surface area contributed by atoms with Crippen LogP contribution in [-0.2, 0) is 0 Å². The van der Waals surface area contributed by atoms with Crippen LogP contribution < -0.4 is 10.6 Å². The number of anilines is 1. The highest BCUT2D eigenvalue weighted by Gasteiger charge is 2.47. The first kappa shape index (κ1) is 17.4. The van der Waals surface area contributed by atoms with Gasteiger partial charge in [0, 0.05) is 19.0 Å². The van der Waals surface area contributed by atoms with Crippen molar-refractivity contribution >= 4 is 11.5 Å². The highest BCUT2D eigenvalue weighted by atomic mass is 19.4. The molecule has 9 heteroatoms. The standard InChI is InChI=1S/C19H19F3N6/c20-19(21,22)12-8-23-9-15(12)26-17-3-1-2-14(25-17)16-10-24-18-7-6-13(11-4-5-11)27-28(16)18/h1-3,6-7,10-12,15,23H,4-5,8-9H2,(H,25,26)/t12-,15-/m0/s1. The van der Waals surface area contributed by atoms with Gasteiger partial charge in [0.1, 0.15) is 11.5 Å². The molecule has 2 aliphatic rings. The second-order valence-electron chi connectivity index (χ2n) is 7.41. The van der Waals surface area contributed by atoms with Gasteiger partial charge in [0.05, 0.1) is 29.5 Å². The van der Waals surface area contributed by atoms with E-state index in [1.54, 1.807) is 22.8 Å². The summed E-state index contributed by atoms with van der Waals surface area (Å²) in [5, 5.41) is 10.4. The molecule has 146 valence electrons. The Morgan fingerprint density at radius 1 is 1.11 bits per heavy atom. The fraction of sp³-hybridized carbons (Fsp3) is 0.421. The van der Waals surface area contributed by atoms with Crippen LogP contribution in [0, 0.1) is 5.92 Å². The van der Waals surface area contributed by atoms with Crippen LogP contribution >= 0.6 is 0 Å². The number of pyridine rings is 1. The highest BCUT2D eigenvalue weighted by molar-refractivity contribution is 5.61. The van der Waals surface area contributed by atoms with Crippen LogP contribution in [-0.4, -0.2) is 44.9 Å². The lowest BCUT2D eigenvalue weighted by molar-refractivity contribution is -0.170. The summed E-state index contributed by atoms with van der Waals surface area (Å²) >= 11 is 0. The zero-order valence-corrected chi connectivity index (χ0v) is 14.9. The van der Waals surface area contributed by atoms with E-state index < -0.39 is 18.1 Å². The molecule has 0 aromatic carbocycles. The van der Waals surface area contributed by atoms with E-state index in [1.807, 2.05) is 18.2 Å². The zero-order chi connectivity index (χ0) is 19.3. The second kappa shape index (κ2) is 6.44. The Morgan fingerprint density at radius 2 is 1.96 bits per heavy atom. The van der Waals surface area contributed by atoms with Gasteiger partial charge in [0.15, 0.2) is 5.65 Å². The molecule has 1 saturated carbocycles. The smallest absolute Gasteiger partial charge is 0.365 e. The fourth-order valence-electron chi connectivity index (χ4n) is 3.68. The average Bonchev–Trinajstić information content (AvgIpc) is 3.25. The third-order valence-electron chi connectivity index (χ3n) is 5.36. The number of fused-ring (bicyclic) bond motifs is 1. The Kier molecular flexibility index (Phi) is 4.01. The van der Waals surface area contributed by atoms with Gasteiger partial charge in [-0.1, -0.05) is 6.07 Å². The summed E-state index contributed by atoms with van der Waals surface area (Å²) in [7, 11) is 0. The van der Waals surface area contributed by atoms with E-state index in [1.165, 1.54) is 0 Å². The predicted octanol–water partition coefficient (Wildman–Crippen LogP) is 3.23. The summed E-state index contributed by atoms with van der Waals surface area (Å²) in [5.74, 6) is -0.514. The van der Waals surface area contributed by atoms with Gasteiger partial charge in [-0.2, -0.15) is 18.3 Å². The molecular weight excluding hydrogens is 369 g/mol. The monoisotopic (exact) mass is 388 g/mol. The van der Waals surface area contributed by atoms with Crippen LogP contribution in [0.2, 0.25) is 0 Å². The number of rotatable bonds is 4. The number of alkyl halides is 3. The van der Waals surface area contributed by atoms with Crippen molar-refractivity contribution in [1.82, 2.24) is 24.9 Å². The molecule has 3 aromatic rings. The number of hydrogen-bond acceptors (Lipinski definition) is 5. The molecule has 5 rings (SSSR count). The van der Waals surface area contributed by atoms with E-state index in [0.717, 1.165) is 29.9 Å². The van der Waals surface area contributed by atoms with Gasteiger partial charge in [0.2, 0.25) is 0 Å². The van der Waals surface area contributed by atoms with Gasteiger partial charge in [-0.25, -0.2) is 14.5 Å². The van der Waals surface area contributed by atoms with Gasteiger partial charge < -0.3 is 10.6 Å². The number of halogens is 3. The molecule has 2 fully saturated rings. The normalized spacial score (nSPS) is 22.7. The van der Waals surface area contributed by atoms with E-state index in [9.17, 15) is 13.2 Å². The second-order valence-corrected chi connectivity index (χ2v) is 7.41. The zero-order valence-electron chi connectivity index (χ0n) is 14.9. The van der Waals surface area contributed by atoms with Gasteiger partial charge in [-0.15, -0.1) is 0 Å². The molecular formula is C19H19F3N6. The number of nitrogens with zero attached hydrogens (tertiary/aromatic N) is 4. The molecule has 0 unspecified atom stereocenters. The maximum Gasteiger partial charge on any atom is 0.395 e. The van der Waals surface area contributed by atoms with Crippen LogP contribution in [0.5, 0.6) is 0 Å². The molecule has 0 spiro atoms. The molecule has 2 N–H and O–H groups in total. The molecule has 1 saturated heterocycles. The number of nitrogens with one attached hydrogen (secondary N) is 2. The van der Waals surface area contributed by atoms with E-state index in [-0.39, 0.29) is 13.1 Å². The maximum atomic E-state index is 13.2. The topological polar surface area (TPSA) is 67.1 Å². The maximum absolute atomic E-state index is 13.2. The molecule has 6 nitrogen and oxygen atoms in total.